The average Bonchev–Trinajstić information content (AvgIpc) is 3.06. The Morgan fingerprint density at radius 2 is 1.96 bits per heavy atom. The maximum Gasteiger partial charge on any atom is 0.330 e. The molecule has 1 saturated heterocycles. The molecule has 0 saturated carbocycles. The molecule has 1 unspecified atom stereocenters. The lowest BCUT2D eigenvalue weighted by Gasteiger charge is -2.09. The van der Waals surface area contributed by atoms with Crippen molar-refractivity contribution in [1.29, 1.82) is 0 Å². The molecule has 1 rings (SSSR count). The van der Waals surface area contributed by atoms with Gasteiger partial charge in [0.05, 0.1) is 13.2 Å². The van der Waals surface area contributed by atoms with Crippen molar-refractivity contribution in [2.75, 3.05) is 19.0 Å². The highest BCUT2D eigenvalue weighted by molar-refractivity contribution is 8.77. The Morgan fingerprint density at radius 3 is 2.65 bits per heavy atom. The van der Waals surface area contributed by atoms with E-state index in [0.29, 0.717) is 13.2 Å². The molecular formula is C17H28O4S2. The smallest absolute Gasteiger partial charge is 0.330 e. The Balaban J connectivity index is 1.80. The van der Waals surface area contributed by atoms with Crippen molar-refractivity contribution in [3.8, 4) is 0 Å². The molecule has 0 N–H and O–H groups in total. The topological polar surface area (TPSA) is 44.8 Å². The van der Waals surface area contributed by atoms with E-state index in [1.165, 1.54) is 24.7 Å². The van der Waals surface area contributed by atoms with Gasteiger partial charge in [0.15, 0.2) is 0 Å². The van der Waals surface area contributed by atoms with E-state index in [1.54, 1.807) is 0 Å². The van der Waals surface area contributed by atoms with Gasteiger partial charge in [-0.25, -0.2) is 4.79 Å². The van der Waals surface area contributed by atoms with E-state index in [-0.39, 0.29) is 5.97 Å². The molecule has 0 amide bonds. The first-order valence-corrected chi connectivity index (χ1v) is 10.7. The maximum absolute atomic E-state index is 10.8. The van der Waals surface area contributed by atoms with Crippen LogP contribution in [0.25, 0.3) is 0 Å². The highest BCUT2D eigenvalue weighted by Crippen LogP contribution is 2.40. The van der Waals surface area contributed by atoms with Gasteiger partial charge in [-0.2, -0.15) is 4.89 Å². The van der Waals surface area contributed by atoms with Crippen LogP contribution in [0.5, 0.6) is 0 Å². The van der Waals surface area contributed by atoms with Gasteiger partial charge in [-0.15, -0.1) is 0 Å². The minimum Gasteiger partial charge on any atom is -0.463 e. The number of esters is 1. The van der Waals surface area contributed by atoms with Crippen molar-refractivity contribution in [3.63, 3.8) is 0 Å². The highest BCUT2D eigenvalue weighted by atomic mass is 33.1. The van der Waals surface area contributed by atoms with Crippen LogP contribution in [0.1, 0.15) is 51.4 Å². The summed E-state index contributed by atoms with van der Waals surface area (Å²) < 4.78 is 4.90. The molecule has 0 aliphatic carbocycles. The molecule has 1 atom stereocenters. The molecule has 0 radical (unpaired) electrons. The highest BCUT2D eigenvalue weighted by Gasteiger charge is 2.15. The van der Waals surface area contributed by atoms with Gasteiger partial charge in [0, 0.05) is 23.5 Å². The third-order valence-electron chi connectivity index (χ3n) is 3.42. The van der Waals surface area contributed by atoms with E-state index < -0.39 is 0 Å². The predicted molar refractivity (Wildman–Crippen MR) is 98.1 cm³/mol. The lowest BCUT2D eigenvalue weighted by Crippen LogP contribution is -2.02. The van der Waals surface area contributed by atoms with Crippen LogP contribution in [0.4, 0.5) is 0 Å². The van der Waals surface area contributed by atoms with Crippen LogP contribution >= 0.6 is 21.6 Å². The molecule has 0 aromatic heterocycles. The summed E-state index contributed by atoms with van der Waals surface area (Å²) in [5.74, 6) is 1.65. The molecule has 1 aliphatic heterocycles. The normalized spacial score (nSPS) is 17.0. The van der Waals surface area contributed by atoms with Crippen molar-refractivity contribution in [3.05, 3.63) is 25.0 Å². The molecule has 0 bridgehead atoms. The summed E-state index contributed by atoms with van der Waals surface area (Å²) in [5.41, 5.74) is 0. The molecule has 0 aromatic carbocycles. The van der Waals surface area contributed by atoms with E-state index >= 15 is 0 Å². The van der Waals surface area contributed by atoms with Gasteiger partial charge in [-0.05, 0) is 38.5 Å². The minimum absolute atomic E-state index is 0.356. The molecule has 132 valence electrons. The Bertz CT molecular complexity index is 355. The number of carbonyl (C=O) groups excluding carboxylic acids is 1. The average molecular weight is 361 g/mol. The van der Waals surface area contributed by atoms with E-state index in [2.05, 4.69) is 13.2 Å². The van der Waals surface area contributed by atoms with Gasteiger partial charge < -0.3 is 9.62 Å². The molecule has 0 spiro atoms. The number of carbonyl (C=O) groups is 1. The largest absolute Gasteiger partial charge is 0.463 e. The standard InChI is InChI=1S/C17H28O4S2/c1-3-17(18)19-12-6-4-5-7-13-20-21-15(2)9-8-10-16-11-14-22-23-16/h3,16H,1-2,4-14H2. The second kappa shape index (κ2) is 13.8. The Labute approximate surface area is 147 Å². The number of unbranched alkanes of at least 4 members (excludes halogenated alkanes) is 3. The summed E-state index contributed by atoms with van der Waals surface area (Å²) in [6.45, 7) is 8.26. The van der Waals surface area contributed by atoms with E-state index in [9.17, 15) is 4.79 Å². The summed E-state index contributed by atoms with van der Waals surface area (Å²) in [6.07, 6.45) is 9.55. The molecule has 0 aromatic rings. The maximum atomic E-state index is 10.8. The number of rotatable bonds is 14. The van der Waals surface area contributed by atoms with Gasteiger partial charge in [0.1, 0.15) is 5.76 Å². The second-order valence-corrected chi connectivity index (χ2v) is 8.24. The summed E-state index contributed by atoms with van der Waals surface area (Å²) in [6, 6.07) is 0. The van der Waals surface area contributed by atoms with Gasteiger partial charge in [0.2, 0.25) is 0 Å². The summed E-state index contributed by atoms with van der Waals surface area (Å²) in [4.78, 5) is 21.2. The molecular weight excluding hydrogens is 332 g/mol. The SMILES string of the molecule is C=CC(=O)OCCCCCCOOC(=C)CCCC1CCSS1. The first-order chi connectivity index (χ1) is 11.2. The Morgan fingerprint density at radius 1 is 1.17 bits per heavy atom. The lowest BCUT2D eigenvalue weighted by molar-refractivity contribution is -0.264. The lowest BCUT2D eigenvalue weighted by atomic mass is 10.1. The first-order valence-electron chi connectivity index (χ1n) is 8.27. The Hall–Kier alpha value is -0.590. The molecule has 23 heavy (non-hydrogen) atoms. The third kappa shape index (κ3) is 11.6. The molecule has 4 nitrogen and oxygen atoms in total. The van der Waals surface area contributed by atoms with Crippen molar-refractivity contribution in [2.24, 2.45) is 0 Å². The van der Waals surface area contributed by atoms with Crippen LogP contribution in [0.15, 0.2) is 25.0 Å². The van der Waals surface area contributed by atoms with E-state index in [1.807, 2.05) is 21.6 Å². The summed E-state index contributed by atoms with van der Waals surface area (Å²) in [5, 5.41) is 0.805. The zero-order chi connectivity index (χ0) is 16.8. The van der Waals surface area contributed by atoms with Crippen molar-refractivity contribution < 1.29 is 19.3 Å². The molecule has 1 heterocycles. The fourth-order valence-corrected chi connectivity index (χ4v) is 5.13. The first kappa shape index (κ1) is 20.5. The summed E-state index contributed by atoms with van der Waals surface area (Å²) in [7, 11) is 3.99. The van der Waals surface area contributed by atoms with E-state index in [4.69, 9.17) is 14.5 Å². The second-order valence-electron chi connectivity index (χ2n) is 5.45. The minimum atomic E-state index is -0.356. The molecule has 6 heteroatoms. The van der Waals surface area contributed by atoms with Gasteiger partial charge >= 0.3 is 5.97 Å². The quantitative estimate of drug-likeness (QED) is 0.0820. The zero-order valence-corrected chi connectivity index (χ0v) is 15.4. The molecule has 1 fully saturated rings. The predicted octanol–water partition coefficient (Wildman–Crippen LogP) is 5.06. The van der Waals surface area contributed by atoms with Crippen LogP contribution in [0, 0.1) is 0 Å². The van der Waals surface area contributed by atoms with Gasteiger partial charge in [0.25, 0.3) is 0 Å². The van der Waals surface area contributed by atoms with Gasteiger partial charge in [-0.1, -0.05) is 41.2 Å². The Kier molecular flexibility index (Phi) is 12.3. The number of ether oxygens (including phenoxy) is 1. The van der Waals surface area contributed by atoms with Crippen LogP contribution in [-0.2, 0) is 19.3 Å². The fourth-order valence-electron chi connectivity index (χ4n) is 2.11. The van der Waals surface area contributed by atoms with Crippen molar-refractivity contribution in [2.45, 2.75) is 56.6 Å². The van der Waals surface area contributed by atoms with Crippen molar-refractivity contribution in [1.82, 2.24) is 0 Å². The summed E-state index contributed by atoms with van der Waals surface area (Å²) >= 11 is 0. The number of allylic oxidation sites excluding steroid dienone is 1. The number of hydrogen-bond donors (Lipinski definition) is 0. The molecule has 1 aliphatic rings. The van der Waals surface area contributed by atoms with Gasteiger partial charge in [-0.3, -0.25) is 0 Å². The number of hydrogen-bond acceptors (Lipinski definition) is 6. The fraction of sp³-hybridized carbons (Fsp3) is 0.706. The third-order valence-corrected chi connectivity index (χ3v) is 6.43. The monoisotopic (exact) mass is 360 g/mol. The van der Waals surface area contributed by atoms with Crippen LogP contribution in [-0.4, -0.2) is 30.2 Å². The van der Waals surface area contributed by atoms with E-state index in [0.717, 1.165) is 49.5 Å². The van der Waals surface area contributed by atoms with Crippen LogP contribution in [0.2, 0.25) is 0 Å². The van der Waals surface area contributed by atoms with Crippen LogP contribution in [0.3, 0.4) is 0 Å². The van der Waals surface area contributed by atoms with Crippen LogP contribution < -0.4 is 0 Å². The van der Waals surface area contributed by atoms with Crippen molar-refractivity contribution >= 4 is 27.6 Å². The zero-order valence-electron chi connectivity index (χ0n) is 13.8.